The molecule has 0 spiro atoms. The van der Waals surface area contributed by atoms with Crippen LogP contribution in [0.25, 0.3) is 10.8 Å². The number of halogens is 3. The number of rotatable bonds is 1. The smallest absolute Gasteiger partial charge is 0.363 e. The van der Waals surface area contributed by atoms with Gasteiger partial charge in [0.2, 0.25) is 0 Å². The zero-order valence-corrected chi connectivity index (χ0v) is 11.1. The van der Waals surface area contributed by atoms with Crippen LogP contribution in [0.1, 0.15) is 5.56 Å². The van der Waals surface area contributed by atoms with E-state index in [1.807, 2.05) is 30.2 Å². The number of ether oxygens (including phenoxy) is 1. The molecule has 92 valence electrons. The Balaban J connectivity index is 2.41. The molecular formula is C14H9BrF2O. The summed E-state index contributed by atoms with van der Waals surface area (Å²) in [6.45, 7) is 0. The third-order valence-electron chi connectivity index (χ3n) is 2.40. The van der Waals surface area contributed by atoms with E-state index in [-0.39, 0.29) is 0 Å². The van der Waals surface area contributed by atoms with Crippen LogP contribution in [0.4, 0.5) is 8.78 Å². The minimum absolute atomic E-state index is 0.548. The van der Waals surface area contributed by atoms with Crippen molar-refractivity contribution in [3.8, 4) is 17.6 Å². The van der Waals surface area contributed by atoms with Gasteiger partial charge in [-0.1, -0.05) is 18.1 Å². The average molecular weight is 311 g/mol. The lowest BCUT2D eigenvalue weighted by atomic mass is 10.1. The third kappa shape index (κ3) is 3.21. The molecule has 0 amide bonds. The fraction of sp³-hybridized carbons (Fsp3) is 0.143. The summed E-state index contributed by atoms with van der Waals surface area (Å²) in [7, 11) is 1.60. The zero-order valence-electron chi connectivity index (χ0n) is 9.51. The fourth-order valence-corrected chi connectivity index (χ4v) is 1.67. The van der Waals surface area contributed by atoms with Crippen LogP contribution in [-0.2, 0) is 0 Å². The van der Waals surface area contributed by atoms with Crippen LogP contribution >= 0.6 is 15.9 Å². The lowest BCUT2D eigenvalue weighted by molar-refractivity contribution is 0.182. The Morgan fingerprint density at radius 1 is 1.11 bits per heavy atom. The summed E-state index contributed by atoms with van der Waals surface area (Å²) in [5.74, 6) is 5.02. The molecule has 0 saturated heterocycles. The van der Waals surface area contributed by atoms with Crippen molar-refractivity contribution in [1.29, 1.82) is 0 Å². The van der Waals surface area contributed by atoms with Crippen molar-refractivity contribution in [2.45, 2.75) is 4.83 Å². The molecule has 0 unspecified atom stereocenters. The third-order valence-corrected chi connectivity index (χ3v) is 2.59. The van der Waals surface area contributed by atoms with E-state index in [0.717, 1.165) is 16.5 Å². The lowest BCUT2D eigenvalue weighted by Crippen LogP contribution is -1.98. The van der Waals surface area contributed by atoms with E-state index >= 15 is 0 Å². The van der Waals surface area contributed by atoms with Gasteiger partial charge in [0.05, 0.1) is 7.11 Å². The monoisotopic (exact) mass is 310 g/mol. The quantitative estimate of drug-likeness (QED) is 0.567. The van der Waals surface area contributed by atoms with Gasteiger partial charge in [-0.25, -0.2) is 0 Å². The molecule has 0 aliphatic heterocycles. The molecule has 0 bridgehead atoms. The normalized spacial score (nSPS) is 10.9. The molecular weight excluding hydrogens is 302 g/mol. The van der Waals surface area contributed by atoms with Crippen LogP contribution in [0.5, 0.6) is 5.75 Å². The lowest BCUT2D eigenvalue weighted by Gasteiger charge is -2.03. The molecule has 2 rings (SSSR count). The number of fused-ring (bicyclic) bond motifs is 1. The first kappa shape index (κ1) is 12.8. The fourth-order valence-electron chi connectivity index (χ4n) is 1.57. The molecule has 0 saturated carbocycles. The predicted molar refractivity (Wildman–Crippen MR) is 71.3 cm³/mol. The van der Waals surface area contributed by atoms with E-state index in [0.29, 0.717) is 5.56 Å². The van der Waals surface area contributed by atoms with Gasteiger partial charge in [-0.05, 0) is 41.0 Å². The molecule has 0 heterocycles. The van der Waals surface area contributed by atoms with E-state index in [1.54, 1.807) is 19.2 Å². The molecule has 0 N–H and O–H groups in total. The SMILES string of the molecule is COc1ccc2cc(C#CC(F)(F)Br)ccc2c1. The van der Waals surface area contributed by atoms with Crippen LogP contribution in [0, 0.1) is 11.8 Å². The van der Waals surface area contributed by atoms with E-state index in [9.17, 15) is 8.78 Å². The number of alkyl halides is 3. The van der Waals surface area contributed by atoms with Gasteiger partial charge in [-0.3, -0.25) is 0 Å². The Kier molecular flexibility index (Phi) is 3.53. The Morgan fingerprint density at radius 3 is 2.44 bits per heavy atom. The summed E-state index contributed by atoms with van der Waals surface area (Å²) in [5, 5.41) is 1.91. The van der Waals surface area contributed by atoms with E-state index < -0.39 is 4.83 Å². The Hall–Kier alpha value is -1.60. The van der Waals surface area contributed by atoms with Crippen molar-refractivity contribution >= 4 is 26.7 Å². The molecule has 2 aromatic carbocycles. The maximum atomic E-state index is 12.5. The van der Waals surface area contributed by atoms with Gasteiger partial charge < -0.3 is 4.74 Å². The van der Waals surface area contributed by atoms with Crippen LogP contribution in [0.3, 0.4) is 0 Å². The number of hydrogen-bond acceptors (Lipinski definition) is 1. The summed E-state index contributed by atoms with van der Waals surface area (Å²) in [6, 6.07) is 10.9. The molecule has 1 nitrogen and oxygen atoms in total. The van der Waals surface area contributed by atoms with Gasteiger partial charge in [-0.2, -0.15) is 8.78 Å². The van der Waals surface area contributed by atoms with Crippen molar-refractivity contribution in [2.75, 3.05) is 7.11 Å². The standard InChI is InChI=1S/C14H9BrF2O/c1-18-13-5-4-11-8-10(2-3-12(11)9-13)6-7-14(15,16)17/h2-5,8-9H,1H3. The Bertz CT molecular complexity index is 636. The minimum atomic E-state index is -3.15. The van der Waals surface area contributed by atoms with E-state index in [2.05, 4.69) is 21.9 Å². The van der Waals surface area contributed by atoms with Crippen LogP contribution < -0.4 is 4.74 Å². The second-order valence-electron chi connectivity index (χ2n) is 3.68. The largest absolute Gasteiger partial charge is 0.497 e. The topological polar surface area (TPSA) is 9.23 Å². The zero-order chi connectivity index (χ0) is 13.2. The molecule has 18 heavy (non-hydrogen) atoms. The van der Waals surface area contributed by atoms with Gasteiger partial charge >= 0.3 is 4.83 Å². The van der Waals surface area contributed by atoms with Crippen LogP contribution in [0.2, 0.25) is 0 Å². The highest BCUT2D eigenvalue weighted by atomic mass is 79.9. The van der Waals surface area contributed by atoms with Gasteiger partial charge in [0.1, 0.15) is 5.75 Å². The maximum Gasteiger partial charge on any atom is 0.363 e. The summed E-state index contributed by atoms with van der Waals surface area (Å²) < 4.78 is 30.2. The Morgan fingerprint density at radius 2 is 1.78 bits per heavy atom. The number of methoxy groups -OCH3 is 1. The summed E-state index contributed by atoms with van der Waals surface area (Å²) in [6.07, 6.45) is 0. The highest BCUT2D eigenvalue weighted by Gasteiger charge is 2.18. The Labute approximate surface area is 112 Å². The second kappa shape index (κ2) is 4.95. The van der Waals surface area contributed by atoms with Crippen molar-refractivity contribution in [1.82, 2.24) is 0 Å². The van der Waals surface area contributed by atoms with Crippen LogP contribution in [0.15, 0.2) is 36.4 Å². The molecule has 0 aliphatic carbocycles. The minimum Gasteiger partial charge on any atom is -0.497 e. The number of benzene rings is 2. The average Bonchev–Trinajstić information content (AvgIpc) is 2.34. The molecule has 0 radical (unpaired) electrons. The molecule has 0 aromatic heterocycles. The highest BCUT2D eigenvalue weighted by Crippen LogP contribution is 2.23. The molecule has 2 aromatic rings. The van der Waals surface area contributed by atoms with Gasteiger partial charge in [-0.15, -0.1) is 0 Å². The first-order valence-electron chi connectivity index (χ1n) is 5.16. The van der Waals surface area contributed by atoms with Gasteiger partial charge in [0.15, 0.2) is 0 Å². The molecule has 0 fully saturated rings. The van der Waals surface area contributed by atoms with Crippen LogP contribution in [-0.4, -0.2) is 11.9 Å². The highest BCUT2D eigenvalue weighted by molar-refractivity contribution is 9.10. The van der Waals surface area contributed by atoms with Gasteiger partial charge in [0.25, 0.3) is 0 Å². The summed E-state index contributed by atoms with van der Waals surface area (Å²) in [4.78, 5) is -3.15. The second-order valence-corrected chi connectivity index (χ2v) is 4.67. The van der Waals surface area contributed by atoms with Crippen molar-refractivity contribution in [3.63, 3.8) is 0 Å². The van der Waals surface area contributed by atoms with Gasteiger partial charge in [0, 0.05) is 21.5 Å². The first-order chi connectivity index (χ1) is 8.48. The predicted octanol–water partition coefficient (Wildman–Crippen LogP) is 4.19. The molecule has 0 aliphatic rings. The number of hydrogen-bond donors (Lipinski definition) is 0. The van der Waals surface area contributed by atoms with E-state index in [1.165, 1.54) is 0 Å². The summed E-state index contributed by atoms with van der Waals surface area (Å²) in [5.41, 5.74) is 0.548. The molecule has 0 atom stereocenters. The first-order valence-corrected chi connectivity index (χ1v) is 5.95. The maximum absolute atomic E-state index is 12.5. The van der Waals surface area contributed by atoms with Crippen molar-refractivity contribution in [2.24, 2.45) is 0 Å². The summed E-state index contributed by atoms with van der Waals surface area (Å²) >= 11 is 2.18. The van der Waals surface area contributed by atoms with E-state index in [4.69, 9.17) is 4.74 Å². The van der Waals surface area contributed by atoms with Crippen molar-refractivity contribution < 1.29 is 13.5 Å². The van der Waals surface area contributed by atoms with Crippen molar-refractivity contribution in [3.05, 3.63) is 42.0 Å². The molecule has 4 heteroatoms.